The van der Waals surface area contributed by atoms with E-state index in [1.165, 1.54) is 25.1 Å². The Hall–Kier alpha value is -4.55. The summed E-state index contributed by atoms with van der Waals surface area (Å²) >= 11 is 0. The predicted molar refractivity (Wildman–Crippen MR) is 166 cm³/mol. The minimum absolute atomic E-state index is 0.0377. The van der Waals surface area contributed by atoms with Crippen LogP contribution >= 0.6 is 0 Å². The van der Waals surface area contributed by atoms with Gasteiger partial charge in [0, 0.05) is 71.4 Å². The van der Waals surface area contributed by atoms with E-state index >= 15 is 0 Å². The number of piperazine rings is 1. The van der Waals surface area contributed by atoms with E-state index in [2.05, 4.69) is 40.1 Å². The van der Waals surface area contributed by atoms with Crippen molar-refractivity contribution in [3.8, 4) is 11.3 Å². The van der Waals surface area contributed by atoms with Gasteiger partial charge in [0.05, 0.1) is 16.7 Å². The molecule has 0 bridgehead atoms. The normalized spacial score (nSPS) is 17.5. The molecule has 0 amide bonds. The van der Waals surface area contributed by atoms with E-state index in [0.717, 1.165) is 69.2 Å². The highest BCUT2D eigenvalue weighted by Gasteiger charge is 2.31. The fourth-order valence-corrected chi connectivity index (χ4v) is 6.97. The van der Waals surface area contributed by atoms with Gasteiger partial charge in [-0.3, -0.25) is 24.2 Å². The van der Waals surface area contributed by atoms with E-state index in [0.29, 0.717) is 11.6 Å². The average Bonchev–Trinajstić information content (AvgIpc) is 3.65. The number of pyridine rings is 2. The molecule has 0 spiro atoms. The average molecular weight is 538 g/mol. The van der Waals surface area contributed by atoms with Crippen molar-refractivity contribution in [3.05, 3.63) is 103 Å². The minimum Gasteiger partial charge on any atom is -0.368 e. The molecule has 0 aliphatic carbocycles. The van der Waals surface area contributed by atoms with Gasteiger partial charge < -0.3 is 4.90 Å². The van der Waals surface area contributed by atoms with Crippen LogP contribution in [0.2, 0.25) is 0 Å². The van der Waals surface area contributed by atoms with Crippen LogP contribution in [0.5, 0.6) is 0 Å². The standard InChI is InChI=1S/C35H31N5O/c1-23-6-2-12-31(37-23)28-10-3-9-27-26(28)8-4-11-29(27)35(41)40-17-14-24-20-32-30(21-34(24)40)33(13-15-36-32)39-19-18-38-16-5-7-25(38)22-39/h2-4,6,8-15,17,20-21,25H,5,7,16,18-19,22H2,1H3/t25-/m0/s1. The topological polar surface area (TPSA) is 54.3 Å². The number of aromatic nitrogens is 3. The molecule has 5 heterocycles. The van der Waals surface area contributed by atoms with E-state index in [1.54, 1.807) is 4.57 Å². The van der Waals surface area contributed by atoms with Crippen molar-refractivity contribution in [2.75, 3.05) is 31.1 Å². The largest absolute Gasteiger partial charge is 0.368 e. The third kappa shape index (κ3) is 4.01. The lowest BCUT2D eigenvalue weighted by Gasteiger charge is -2.39. The minimum atomic E-state index is -0.0377. The van der Waals surface area contributed by atoms with Gasteiger partial charge in [-0.25, -0.2) is 0 Å². The fraction of sp³-hybridized carbons (Fsp3) is 0.229. The lowest BCUT2D eigenvalue weighted by Crippen LogP contribution is -2.50. The molecule has 2 aliphatic heterocycles. The van der Waals surface area contributed by atoms with Gasteiger partial charge in [-0.2, -0.15) is 0 Å². The molecular formula is C35H31N5O. The highest BCUT2D eigenvalue weighted by molar-refractivity contribution is 6.14. The zero-order chi connectivity index (χ0) is 27.5. The third-order valence-corrected chi connectivity index (χ3v) is 8.99. The van der Waals surface area contributed by atoms with Gasteiger partial charge in [0.1, 0.15) is 0 Å². The van der Waals surface area contributed by atoms with E-state index in [9.17, 15) is 4.79 Å². The summed E-state index contributed by atoms with van der Waals surface area (Å²) in [6.07, 6.45) is 6.38. The van der Waals surface area contributed by atoms with Gasteiger partial charge in [-0.1, -0.05) is 36.4 Å². The zero-order valence-corrected chi connectivity index (χ0v) is 23.1. The highest BCUT2D eigenvalue weighted by atomic mass is 16.2. The van der Waals surface area contributed by atoms with Crippen molar-refractivity contribution in [2.24, 2.45) is 0 Å². The number of fused-ring (bicyclic) bond motifs is 4. The second-order valence-electron chi connectivity index (χ2n) is 11.4. The summed E-state index contributed by atoms with van der Waals surface area (Å²) in [6, 6.07) is 27.2. The molecule has 8 rings (SSSR count). The molecule has 2 saturated heterocycles. The summed E-state index contributed by atoms with van der Waals surface area (Å²) in [4.78, 5) is 28.8. The predicted octanol–water partition coefficient (Wildman–Crippen LogP) is 6.69. The smallest absolute Gasteiger partial charge is 0.262 e. The Morgan fingerprint density at radius 2 is 1.76 bits per heavy atom. The van der Waals surface area contributed by atoms with Gasteiger partial charge >= 0.3 is 0 Å². The van der Waals surface area contributed by atoms with Crippen LogP contribution in [0.1, 0.15) is 28.9 Å². The molecular weight excluding hydrogens is 506 g/mol. The Bertz CT molecular complexity index is 1980. The van der Waals surface area contributed by atoms with Gasteiger partial charge in [-0.15, -0.1) is 0 Å². The maximum absolute atomic E-state index is 14.2. The first-order valence-corrected chi connectivity index (χ1v) is 14.5. The first-order chi connectivity index (χ1) is 20.1. The molecule has 0 N–H and O–H groups in total. The van der Waals surface area contributed by atoms with E-state index in [4.69, 9.17) is 9.97 Å². The second kappa shape index (κ2) is 9.53. The molecule has 3 aromatic carbocycles. The monoisotopic (exact) mass is 537 g/mol. The molecule has 0 saturated carbocycles. The highest BCUT2D eigenvalue weighted by Crippen LogP contribution is 2.34. The molecule has 6 heteroatoms. The molecule has 0 radical (unpaired) electrons. The van der Waals surface area contributed by atoms with Crippen molar-refractivity contribution >= 4 is 44.2 Å². The Morgan fingerprint density at radius 3 is 2.68 bits per heavy atom. The summed E-state index contributed by atoms with van der Waals surface area (Å²) in [5, 5.41) is 4.07. The van der Waals surface area contributed by atoms with Crippen LogP contribution in [0.3, 0.4) is 0 Å². The van der Waals surface area contributed by atoms with Crippen LogP contribution in [0.25, 0.3) is 43.8 Å². The molecule has 1 atom stereocenters. The Morgan fingerprint density at radius 1 is 0.878 bits per heavy atom. The van der Waals surface area contributed by atoms with E-state index in [1.807, 2.05) is 67.8 Å². The molecule has 202 valence electrons. The van der Waals surface area contributed by atoms with E-state index in [-0.39, 0.29) is 5.91 Å². The number of carbonyl (C=O) groups excluding carboxylic acids is 1. The second-order valence-corrected chi connectivity index (χ2v) is 11.4. The Kier molecular flexibility index (Phi) is 5.64. The quantitative estimate of drug-likeness (QED) is 0.252. The van der Waals surface area contributed by atoms with Crippen molar-refractivity contribution < 1.29 is 4.79 Å². The van der Waals surface area contributed by atoms with Gasteiger partial charge in [0.25, 0.3) is 5.91 Å². The molecule has 6 nitrogen and oxygen atoms in total. The van der Waals surface area contributed by atoms with Crippen LogP contribution < -0.4 is 4.90 Å². The molecule has 6 aromatic rings. The SMILES string of the molecule is Cc1cccc(-c2cccc3c(C(=O)n4ccc5cc6nccc(N7CCN8CCC[C@H]8C7)c6cc54)cccc23)n1. The van der Waals surface area contributed by atoms with Crippen molar-refractivity contribution in [2.45, 2.75) is 25.8 Å². The zero-order valence-electron chi connectivity index (χ0n) is 23.1. The number of benzene rings is 3. The van der Waals surface area contributed by atoms with Gasteiger partial charge in [-0.05, 0) is 79.5 Å². The summed E-state index contributed by atoms with van der Waals surface area (Å²) in [5.41, 5.74) is 6.68. The number of hydrogen-bond donors (Lipinski definition) is 0. The summed E-state index contributed by atoms with van der Waals surface area (Å²) in [6.45, 7) is 6.39. The van der Waals surface area contributed by atoms with Gasteiger partial charge in [0.15, 0.2) is 0 Å². The Balaban J connectivity index is 1.23. The molecule has 2 fully saturated rings. The van der Waals surface area contributed by atoms with E-state index < -0.39 is 0 Å². The number of hydrogen-bond acceptors (Lipinski definition) is 5. The van der Waals surface area contributed by atoms with Crippen molar-refractivity contribution in [1.29, 1.82) is 0 Å². The number of aryl methyl sites for hydroxylation is 1. The fourth-order valence-electron chi connectivity index (χ4n) is 6.97. The lowest BCUT2D eigenvalue weighted by molar-refractivity contribution is 0.0966. The number of rotatable bonds is 3. The molecule has 3 aromatic heterocycles. The Labute approximate surface area is 238 Å². The van der Waals surface area contributed by atoms with Gasteiger partial charge in [0.2, 0.25) is 0 Å². The summed E-state index contributed by atoms with van der Waals surface area (Å²) in [5.74, 6) is -0.0377. The van der Waals surface area contributed by atoms with Crippen molar-refractivity contribution in [1.82, 2.24) is 19.4 Å². The summed E-state index contributed by atoms with van der Waals surface area (Å²) < 4.78 is 1.80. The number of nitrogens with zero attached hydrogens (tertiary/aromatic N) is 5. The summed E-state index contributed by atoms with van der Waals surface area (Å²) in [7, 11) is 0. The number of carbonyl (C=O) groups is 1. The lowest BCUT2D eigenvalue weighted by atomic mass is 9.97. The first kappa shape index (κ1) is 24.3. The third-order valence-electron chi connectivity index (χ3n) is 8.99. The van der Waals surface area contributed by atoms with Crippen LogP contribution in [-0.4, -0.2) is 57.6 Å². The van der Waals surface area contributed by atoms with Crippen LogP contribution in [0.15, 0.2) is 91.3 Å². The van der Waals surface area contributed by atoms with Crippen molar-refractivity contribution in [3.63, 3.8) is 0 Å². The molecule has 41 heavy (non-hydrogen) atoms. The maximum Gasteiger partial charge on any atom is 0.262 e. The maximum atomic E-state index is 14.2. The molecule has 2 aliphatic rings. The van der Waals surface area contributed by atoms with Crippen LogP contribution in [-0.2, 0) is 0 Å². The van der Waals surface area contributed by atoms with Crippen LogP contribution in [0.4, 0.5) is 5.69 Å². The number of anilines is 1. The van der Waals surface area contributed by atoms with Crippen LogP contribution in [0, 0.1) is 6.92 Å². The first-order valence-electron chi connectivity index (χ1n) is 14.5. The molecule has 0 unspecified atom stereocenters.